The minimum atomic E-state index is 0.187. The number of halogens is 1. The van der Waals surface area contributed by atoms with Gasteiger partial charge in [0.05, 0.1) is 0 Å². The molecule has 1 N–H and O–H groups in total. The van der Waals surface area contributed by atoms with Crippen LogP contribution in [0.5, 0.6) is 5.75 Å². The van der Waals surface area contributed by atoms with E-state index < -0.39 is 0 Å². The molecule has 0 radical (unpaired) electrons. The van der Waals surface area contributed by atoms with E-state index in [4.69, 9.17) is 4.52 Å². The molecule has 3 rings (SSSR count). The van der Waals surface area contributed by atoms with Crippen molar-refractivity contribution in [2.45, 2.75) is 0 Å². The molecule has 1 aromatic heterocycles. The summed E-state index contributed by atoms with van der Waals surface area (Å²) in [6, 6.07) is 12.8. The van der Waals surface area contributed by atoms with E-state index >= 15 is 0 Å². The zero-order valence-corrected chi connectivity index (χ0v) is 10.3. The Labute approximate surface area is 106 Å². The first-order valence-corrected chi connectivity index (χ1v) is 5.88. The Morgan fingerprint density at radius 2 is 2.00 bits per heavy atom. The molecule has 2 aromatic carbocycles. The van der Waals surface area contributed by atoms with Gasteiger partial charge in [-0.25, -0.2) is 0 Å². The molecule has 0 fully saturated rings. The van der Waals surface area contributed by atoms with Gasteiger partial charge in [0.1, 0.15) is 11.3 Å². The van der Waals surface area contributed by atoms with Gasteiger partial charge in [-0.05, 0) is 24.3 Å². The highest BCUT2D eigenvalue weighted by atomic mass is 79.9. The van der Waals surface area contributed by atoms with Gasteiger partial charge in [0, 0.05) is 21.5 Å². The first-order chi connectivity index (χ1) is 8.24. The number of fused-ring (bicyclic) bond motifs is 1. The number of benzene rings is 2. The second-order valence-corrected chi connectivity index (χ2v) is 4.64. The third-order valence-electron chi connectivity index (χ3n) is 2.55. The minimum Gasteiger partial charge on any atom is -0.508 e. The van der Waals surface area contributed by atoms with Crippen molar-refractivity contribution in [1.82, 2.24) is 5.16 Å². The lowest BCUT2D eigenvalue weighted by atomic mass is 10.1. The second kappa shape index (κ2) is 3.89. The summed E-state index contributed by atoms with van der Waals surface area (Å²) < 4.78 is 6.31. The van der Waals surface area contributed by atoms with E-state index in [-0.39, 0.29) is 5.75 Å². The van der Waals surface area contributed by atoms with E-state index in [0.29, 0.717) is 11.3 Å². The van der Waals surface area contributed by atoms with Crippen LogP contribution in [0.15, 0.2) is 51.5 Å². The summed E-state index contributed by atoms with van der Waals surface area (Å²) >= 11 is 3.42. The van der Waals surface area contributed by atoms with Crippen molar-refractivity contribution >= 4 is 26.8 Å². The Balaban J connectivity index is 2.24. The Morgan fingerprint density at radius 1 is 1.12 bits per heavy atom. The highest BCUT2D eigenvalue weighted by Crippen LogP contribution is 2.31. The minimum absolute atomic E-state index is 0.187. The molecule has 17 heavy (non-hydrogen) atoms. The second-order valence-electron chi connectivity index (χ2n) is 3.72. The summed E-state index contributed by atoms with van der Waals surface area (Å²) in [5.41, 5.74) is 1.60. The summed E-state index contributed by atoms with van der Waals surface area (Å²) in [4.78, 5) is 0. The van der Waals surface area contributed by atoms with Crippen LogP contribution in [-0.2, 0) is 0 Å². The molecule has 3 aromatic rings. The monoisotopic (exact) mass is 289 g/mol. The lowest BCUT2D eigenvalue weighted by Crippen LogP contribution is -1.75. The lowest BCUT2D eigenvalue weighted by Gasteiger charge is -1.97. The summed E-state index contributed by atoms with van der Waals surface area (Å²) in [5, 5.41) is 14.2. The molecule has 0 saturated heterocycles. The summed E-state index contributed by atoms with van der Waals surface area (Å²) in [5.74, 6) is 0.896. The Bertz CT molecular complexity index is 691. The van der Waals surface area contributed by atoms with Crippen molar-refractivity contribution < 1.29 is 9.63 Å². The molecule has 0 bridgehead atoms. The van der Waals surface area contributed by atoms with E-state index in [2.05, 4.69) is 21.1 Å². The third kappa shape index (κ3) is 1.80. The van der Waals surface area contributed by atoms with Crippen LogP contribution in [-0.4, -0.2) is 10.3 Å². The Morgan fingerprint density at radius 3 is 2.82 bits per heavy atom. The Kier molecular flexibility index (Phi) is 2.37. The molecule has 0 aliphatic rings. The van der Waals surface area contributed by atoms with Crippen molar-refractivity contribution in [3.63, 3.8) is 0 Å². The van der Waals surface area contributed by atoms with Crippen LogP contribution in [0.1, 0.15) is 0 Å². The number of aromatic hydroxyl groups is 1. The van der Waals surface area contributed by atoms with Gasteiger partial charge in [-0.1, -0.05) is 33.2 Å². The van der Waals surface area contributed by atoms with Crippen LogP contribution in [0.3, 0.4) is 0 Å². The van der Waals surface area contributed by atoms with Gasteiger partial charge in [0.25, 0.3) is 0 Å². The SMILES string of the molecule is Oc1ccc2c(-c3cccc(Br)c3)onc2c1. The average Bonchev–Trinajstić information content (AvgIpc) is 2.71. The highest BCUT2D eigenvalue weighted by Gasteiger charge is 2.11. The fourth-order valence-electron chi connectivity index (χ4n) is 1.77. The maximum atomic E-state index is 9.37. The van der Waals surface area contributed by atoms with Crippen LogP contribution in [0, 0.1) is 0 Å². The standard InChI is InChI=1S/C13H8BrNO2/c14-9-3-1-2-8(6-9)13-11-5-4-10(16)7-12(11)15-17-13/h1-7,16H. The van der Waals surface area contributed by atoms with Crippen molar-refractivity contribution in [1.29, 1.82) is 0 Å². The van der Waals surface area contributed by atoms with Crippen LogP contribution < -0.4 is 0 Å². The van der Waals surface area contributed by atoms with E-state index in [0.717, 1.165) is 15.4 Å². The number of hydrogen-bond acceptors (Lipinski definition) is 3. The highest BCUT2D eigenvalue weighted by molar-refractivity contribution is 9.10. The van der Waals surface area contributed by atoms with Gasteiger partial charge in [-0.3, -0.25) is 0 Å². The molecular weight excluding hydrogens is 282 g/mol. The summed E-state index contributed by atoms with van der Waals surface area (Å²) in [7, 11) is 0. The van der Waals surface area contributed by atoms with E-state index in [1.807, 2.05) is 24.3 Å². The average molecular weight is 290 g/mol. The van der Waals surface area contributed by atoms with Crippen LogP contribution in [0.25, 0.3) is 22.2 Å². The van der Waals surface area contributed by atoms with Gasteiger partial charge in [-0.15, -0.1) is 0 Å². The van der Waals surface area contributed by atoms with Crippen molar-refractivity contribution in [3.8, 4) is 17.1 Å². The molecule has 0 aliphatic heterocycles. The predicted octanol–water partition coefficient (Wildman–Crippen LogP) is 3.96. The molecule has 1 heterocycles. The molecule has 3 nitrogen and oxygen atoms in total. The van der Waals surface area contributed by atoms with Gasteiger partial charge < -0.3 is 9.63 Å². The molecule has 0 saturated carbocycles. The molecule has 0 amide bonds. The molecular formula is C13H8BrNO2. The number of rotatable bonds is 1. The number of hydrogen-bond donors (Lipinski definition) is 1. The number of phenolic OH excluding ortho intramolecular Hbond substituents is 1. The summed E-state index contributed by atoms with van der Waals surface area (Å²) in [6.45, 7) is 0. The van der Waals surface area contributed by atoms with E-state index in [1.54, 1.807) is 18.2 Å². The lowest BCUT2D eigenvalue weighted by molar-refractivity contribution is 0.440. The smallest absolute Gasteiger partial charge is 0.174 e. The number of phenols is 1. The largest absolute Gasteiger partial charge is 0.508 e. The first-order valence-electron chi connectivity index (χ1n) is 5.08. The van der Waals surface area contributed by atoms with E-state index in [1.165, 1.54) is 0 Å². The molecule has 84 valence electrons. The zero-order valence-electron chi connectivity index (χ0n) is 8.72. The molecule has 0 unspecified atom stereocenters. The maximum Gasteiger partial charge on any atom is 0.174 e. The fourth-order valence-corrected chi connectivity index (χ4v) is 2.17. The van der Waals surface area contributed by atoms with Crippen LogP contribution in [0.4, 0.5) is 0 Å². The van der Waals surface area contributed by atoms with Gasteiger partial charge >= 0.3 is 0 Å². The van der Waals surface area contributed by atoms with Gasteiger partial charge in [0.2, 0.25) is 0 Å². The predicted molar refractivity (Wildman–Crippen MR) is 68.8 cm³/mol. The third-order valence-corrected chi connectivity index (χ3v) is 3.04. The van der Waals surface area contributed by atoms with Crippen LogP contribution >= 0.6 is 15.9 Å². The van der Waals surface area contributed by atoms with Crippen molar-refractivity contribution in [3.05, 3.63) is 46.9 Å². The quantitative estimate of drug-likeness (QED) is 0.737. The molecule has 0 aliphatic carbocycles. The zero-order chi connectivity index (χ0) is 11.8. The van der Waals surface area contributed by atoms with E-state index in [9.17, 15) is 5.11 Å². The van der Waals surface area contributed by atoms with Crippen molar-refractivity contribution in [2.75, 3.05) is 0 Å². The Hall–Kier alpha value is -1.81. The number of aromatic nitrogens is 1. The van der Waals surface area contributed by atoms with Crippen LogP contribution in [0.2, 0.25) is 0 Å². The molecule has 4 heteroatoms. The number of nitrogens with zero attached hydrogens (tertiary/aromatic N) is 1. The summed E-state index contributed by atoms with van der Waals surface area (Å²) in [6.07, 6.45) is 0. The molecule has 0 spiro atoms. The van der Waals surface area contributed by atoms with Crippen molar-refractivity contribution in [2.24, 2.45) is 0 Å². The normalized spacial score (nSPS) is 10.9. The van der Waals surface area contributed by atoms with Gasteiger partial charge in [-0.2, -0.15) is 0 Å². The topological polar surface area (TPSA) is 46.3 Å². The maximum absolute atomic E-state index is 9.37. The fraction of sp³-hybridized carbons (Fsp3) is 0. The molecule has 0 atom stereocenters. The van der Waals surface area contributed by atoms with Gasteiger partial charge in [0.15, 0.2) is 5.76 Å². The first kappa shape index (κ1) is 10.4.